The lowest BCUT2D eigenvalue weighted by Crippen LogP contribution is -1.67. The Morgan fingerprint density at radius 1 is 1.07 bits per heavy atom. The highest BCUT2D eigenvalue weighted by Crippen LogP contribution is 2.34. The van der Waals surface area contributed by atoms with Gasteiger partial charge in [-0.25, -0.2) is 0 Å². The van der Waals surface area contributed by atoms with Crippen molar-refractivity contribution in [1.29, 1.82) is 0 Å². The van der Waals surface area contributed by atoms with E-state index in [0.717, 1.165) is 20.8 Å². The highest BCUT2D eigenvalue weighted by molar-refractivity contribution is 9.10. The molecule has 15 heavy (non-hydrogen) atoms. The van der Waals surface area contributed by atoms with Crippen LogP contribution in [0, 0.1) is 0 Å². The highest BCUT2D eigenvalue weighted by Gasteiger charge is 2.08. The number of rotatable bonds is 0. The fourth-order valence-corrected chi connectivity index (χ4v) is 2.20. The van der Waals surface area contributed by atoms with Crippen molar-refractivity contribution in [3.05, 3.63) is 40.9 Å². The second-order valence-electron chi connectivity index (χ2n) is 3.40. The number of halogens is 1. The van der Waals surface area contributed by atoms with E-state index >= 15 is 0 Å². The van der Waals surface area contributed by atoms with Crippen LogP contribution >= 0.6 is 15.9 Å². The number of hydrogen-bond acceptors (Lipinski definition) is 2. The molecule has 0 atom stereocenters. The second kappa shape index (κ2) is 3.00. The second-order valence-corrected chi connectivity index (χ2v) is 4.25. The molecule has 0 saturated heterocycles. The first-order chi connectivity index (χ1) is 7.25. The van der Waals surface area contributed by atoms with Gasteiger partial charge in [0.05, 0.1) is 4.47 Å². The Bertz CT molecular complexity index is 655. The van der Waals surface area contributed by atoms with Crippen LogP contribution in [0.5, 0.6) is 5.75 Å². The summed E-state index contributed by atoms with van der Waals surface area (Å²) < 4.78 is 6.58. The van der Waals surface area contributed by atoms with E-state index in [1.165, 1.54) is 0 Å². The van der Waals surface area contributed by atoms with Crippen molar-refractivity contribution < 1.29 is 9.52 Å². The standard InChI is InChI=1S/C12H7BrO2/c13-10-3-1-2-9-8-5-4-7(14)6-11(8)15-12(9)10/h1-6,14H. The molecule has 3 aromatic rings. The maximum absolute atomic E-state index is 9.35. The van der Waals surface area contributed by atoms with Crippen molar-refractivity contribution in [3.63, 3.8) is 0 Å². The number of furan rings is 1. The molecule has 0 fully saturated rings. The molecule has 74 valence electrons. The summed E-state index contributed by atoms with van der Waals surface area (Å²) in [6.07, 6.45) is 0. The zero-order valence-corrected chi connectivity index (χ0v) is 9.28. The van der Waals surface area contributed by atoms with Crippen LogP contribution in [0.4, 0.5) is 0 Å². The fraction of sp³-hybridized carbons (Fsp3) is 0. The molecule has 3 rings (SSSR count). The molecule has 0 bridgehead atoms. The third kappa shape index (κ3) is 1.23. The Labute approximate surface area is 94.3 Å². The van der Waals surface area contributed by atoms with E-state index in [1.807, 2.05) is 24.3 Å². The van der Waals surface area contributed by atoms with Gasteiger partial charge in [-0.2, -0.15) is 0 Å². The van der Waals surface area contributed by atoms with Gasteiger partial charge < -0.3 is 9.52 Å². The minimum absolute atomic E-state index is 0.220. The first-order valence-corrected chi connectivity index (χ1v) is 5.35. The number of aromatic hydroxyl groups is 1. The topological polar surface area (TPSA) is 33.4 Å². The zero-order valence-electron chi connectivity index (χ0n) is 7.70. The van der Waals surface area contributed by atoms with Crippen LogP contribution in [0.1, 0.15) is 0 Å². The number of phenolic OH excluding ortho intramolecular Hbond substituents is 1. The van der Waals surface area contributed by atoms with Gasteiger partial charge in [-0.15, -0.1) is 0 Å². The number of benzene rings is 2. The summed E-state index contributed by atoms with van der Waals surface area (Å²) in [5.41, 5.74) is 1.52. The van der Waals surface area contributed by atoms with Crippen molar-refractivity contribution in [1.82, 2.24) is 0 Å². The van der Waals surface area contributed by atoms with Crippen LogP contribution in [-0.2, 0) is 0 Å². The Morgan fingerprint density at radius 3 is 2.80 bits per heavy atom. The lowest BCUT2D eigenvalue weighted by atomic mass is 10.1. The van der Waals surface area contributed by atoms with Crippen molar-refractivity contribution in [2.24, 2.45) is 0 Å². The molecule has 0 saturated carbocycles. The fourth-order valence-electron chi connectivity index (χ4n) is 1.75. The third-order valence-electron chi connectivity index (χ3n) is 2.43. The molecule has 2 aromatic carbocycles. The summed E-state index contributed by atoms with van der Waals surface area (Å²) in [4.78, 5) is 0. The SMILES string of the molecule is Oc1ccc2c(c1)oc1c(Br)cccc12. The van der Waals surface area contributed by atoms with E-state index < -0.39 is 0 Å². The molecular formula is C12H7BrO2. The van der Waals surface area contributed by atoms with Crippen molar-refractivity contribution in [2.75, 3.05) is 0 Å². The quantitative estimate of drug-likeness (QED) is 0.663. The Balaban J connectivity index is 2.57. The predicted molar refractivity (Wildman–Crippen MR) is 63.1 cm³/mol. The van der Waals surface area contributed by atoms with Gasteiger partial charge in [-0.1, -0.05) is 12.1 Å². The summed E-state index contributed by atoms with van der Waals surface area (Å²) in [6.45, 7) is 0. The smallest absolute Gasteiger partial charge is 0.149 e. The van der Waals surface area contributed by atoms with E-state index in [1.54, 1.807) is 12.1 Å². The van der Waals surface area contributed by atoms with Crippen molar-refractivity contribution in [2.45, 2.75) is 0 Å². The van der Waals surface area contributed by atoms with E-state index in [-0.39, 0.29) is 5.75 Å². The molecule has 0 amide bonds. The van der Waals surface area contributed by atoms with Crippen molar-refractivity contribution in [3.8, 4) is 5.75 Å². The van der Waals surface area contributed by atoms with E-state index in [2.05, 4.69) is 15.9 Å². The average Bonchev–Trinajstić information content (AvgIpc) is 2.57. The van der Waals surface area contributed by atoms with Crippen LogP contribution in [0.15, 0.2) is 45.3 Å². The lowest BCUT2D eigenvalue weighted by molar-refractivity contribution is 0.475. The monoisotopic (exact) mass is 262 g/mol. The summed E-state index contributed by atoms with van der Waals surface area (Å²) in [7, 11) is 0. The largest absolute Gasteiger partial charge is 0.508 e. The predicted octanol–water partition coefficient (Wildman–Crippen LogP) is 4.05. The van der Waals surface area contributed by atoms with Gasteiger partial charge >= 0.3 is 0 Å². The van der Waals surface area contributed by atoms with Gasteiger partial charge in [0.2, 0.25) is 0 Å². The number of fused-ring (bicyclic) bond motifs is 3. The number of para-hydroxylation sites is 1. The molecule has 1 aromatic heterocycles. The van der Waals surface area contributed by atoms with E-state index in [0.29, 0.717) is 5.58 Å². The van der Waals surface area contributed by atoms with Gasteiger partial charge in [-0.05, 0) is 34.1 Å². The summed E-state index contributed by atoms with van der Waals surface area (Å²) in [5, 5.41) is 11.4. The van der Waals surface area contributed by atoms with Gasteiger partial charge in [0.15, 0.2) is 0 Å². The van der Waals surface area contributed by atoms with Gasteiger partial charge in [0.25, 0.3) is 0 Å². The van der Waals surface area contributed by atoms with Crippen molar-refractivity contribution >= 4 is 37.9 Å². The van der Waals surface area contributed by atoms with Crippen LogP contribution in [0.2, 0.25) is 0 Å². The molecule has 1 N–H and O–H groups in total. The van der Waals surface area contributed by atoms with E-state index in [4.69, 9.17) is 4.42 Å². The van der Waals surface area contributed by atoms with E-state index in [9.17, 15) is 5.11 Å². The van der Waals surface area contributed by atoms with Gasteiger partial charge in [-0.3, -0.25) is 0 Å². The molecule has 3 heteroatoms. The summed E-state index contributed by atoms with van der Waals surface area (Å²) >= 11 is 3.44. The molecule has 1 heterocycles. The molecule has 0 radical (unpaired) electrons. The molecule has 0 unspecified atom stereocenters. The Hall–Kier alpha value is -1.48. The average molecular weight is 263 g/mol. The first kappa shape index (κ1) is 8.80. The summed E-state index contributed by atoms with van der Waals surface area (Å²) in [5.74, 6) is 0.220. The van der Waals surface area contributed by atoms with Crippen LogP contribution in [-0.4, -0.2) is 5.11 Å². The third-order valence-corrected chi connectivity index (χ3v) is 3.06. The zero-order chi connectivity index (χ0) is 10.4. The molecule has 2 nitrogen and oxygen atoms in total. The maximum Gasteiger partial charge on any atom is 0.149 e. The lowest BCUT2D eigenvalue weighted by Gasteiger charge is -1.90. The first-order valence-electron chi connectivity index (χ1n) is 4.55. The number of phenols is 1. The van der Waals surface area contributed by atoms with Gasteiger partial charge in [0.1, 0.15) is 16.9 Å². The summed E-state index contributed by atoms with van der Waals surface area (Å²) in [6, 6.07) is 11.1. The molecular weight excluding hydrogens is 256 g/mol. The van der Waals surface area contributed by atoms with Crippen LogP contribution < -0.4 is 0 Å². The molecule has 0 aliphatic heterocycles. The maximum atomic E-state index is 9.35. The van der Waals surface area contributed by atoms with Crippen LogP contribution in [0.3, 0.4) is 0 Å². The molecule has 0 aliphatic carbocycles. The highest BCUT2D eigenvalue weighted by atomic mass is 79.9. The minimum Gasteiger partial charge on any atom is -0.508 e. The Morgan fingerprint density at radius 2 is 1.93 bits per heavy atom. The minimum atomic E-state index is 0.220. The molecule has 0 aliphatic rings. The number of hydrogen-bond donors (Lipinski definition) is 1. The Kier molecular flexibility index (Phi) is 1.76. The normalized spacial score (nSPS) is 11.3. The molecule has 0 spiro atoms. The van der Waals surface area contributed by atoms with Crippen LogP contribution in [0.25, 0.3) is 21.9 Å². The van der Waals surface area contributed by atoms with Gasteiger partial charge in [0, 0.05) is 16.8 Å².